The molecule has 1 amide bonds. The summed E-state index contributed by atoms with van der Waals surface area (Å²) in [7, 11) is 0. The number of carbonyl (C=O) groups is 1. The zero-order valence-electron chi connectivity index (χ0n) is 10.4. The van der Waals surface area contributed by atoms with Crippen molar-refractivity contribution in [3.63, 3.8) is 0 Å². The molecule has 0 radical (unpaired) electrons. The minimum atomic E-state index is -0.218. The first-order chi connectivity index (χ1) is 8.49. The van der Waals surface area contributed by atoms with Crippen molar-refractivity contribution in [2.75, 3.05) is 0 Å². The van der Waals surface area contributed by atoms with Crippen LogP contribution in [0.5, 0.6) is 0 Å². The van der Waals surface area contributed by atoms with Crippen molar-refractivity contribution in [2.45, 2.75) is 26.8 Å². The summed E-state index contributed by atoms with van der Waals surface area (Å²) in [6.07, 6.45) is 1.40. The molecule has 5 heteroatoms. The van der Waals surface area contributed by atoms with E-state index in [1.807, 2.05) is 6.92 Å². The Hall–Kier alpha value is -1.26. The minimum absolute atomic E-state index is 0.0478. The highest BCUT2D eigenvalue weighted by molar-refractivity contribution is 7.12. The fourth-order valence-corrected chi connectivity index (χ4v) is 3.11. The minimum Gasteiger partial charge on any atom is -0.452 e. The third-order valence-corrected chi connectivity index (χ3v) is 4.03. The Kier molecular flexibility index (Phi) is 3.78. The van der Waals surface area contributed by atoms with Crippen molar-refractivity contribution >= 4 is 28.8 Å². The maximum Gasteiger partial charge on any atom is 0.256 e. The fourth-order valence-electron chi connectivity index (χ4n) is 1.89. The highest BCUT2D eigenvalue weighted by Crippen LogP contribution is 2.26. The molecule has 0 aliphatic heterocycles. The predicted molar refractivity (Wildman–Crippen MR) is 73.4 cm³/mol. The molecule has 0 aliphatic rings. The molecule has 0 bridgehead atoms. The molecular weight excluding hydrogens is 270 g/mol. The number of carbonyl (C=O) groups excluding carboxylic acids is 1. The number of hydrogen-bond donors (Lipinski definition) is 1. The van der Waals surface area contributed by atoms with Gasteiger partial charge in [-0.05, 0) is 50.1 Å². The number of thiophene rings is 1. The van der Waals surface area contributed by atoms with Gasteiger partial charge in [0.25, 0.3) is 5.91 Å². The van der Waals surface area contributed by atoms with E-state index in [0.29, 0.717) is 5.56 Å². The van der Waals surface area contributed by atoms with Crippen molar-refractivity contribution in [2.24, 2.45) is 0 Å². The number of amides is 1. The van der Waals surface area contributed by atoms with Crippen LogP contribution in [0.4, 0.5) is 0 Å². The number of hydrogen-bond acceptors (Lipinski definition) is 3. The van der Waals surface area contributed by atoms with Gasteiger partial charge in [0, 0.05) is 9.75 Å². The van der Waals surface area contributed by atoms with Crippen LogP contribution in [-0.4, -0.2) is 5.91 Å². The Morgan fingerprint density at radius 2 is 2.22 bits per heavy atom. The monoisotopic (exact) mass is 283 g/mol. The highest BCUT2D eigenvalue weighted by Gasteiger charge is 2.18. The molecule has 1 unspecified atom stereocenters. The number of halogens is 1. The smallest absolute Gasteiger partial charge is 0.256 e. The Morgan fingerprint density at radius 1 is 1.50 bits per heavy atom. The number of aryl methyl sites for hydroxylation is 2. The second kappa shape index (κ2) is 5.16. The Balaban J connectivity index is 2.13. The van der Waals surface area contributed by atoms with Crippen LogP contribution in [0.25, 0.3) is 0 Å². The van der Waals surface area contributed by atoms with E-state index in [1.54, 1.807) is 17.4 Å². The summed E-state index contributed by atoms with van der Waals surface area (Å²) in [6.45, 7) is 6.07. The first kappa shape index (κ1) is 13.2. The molecule has 2 rings (SSSR count). The molecule has 1 N–H and O–H groups in total. The van der Waals surface area contributed by atoms with Gasteiger partial charge in [-0.2, -0.15) is 0 Å². The maximum atomic E-state index is 12.0. The Labute approximate surface area is 115 Å². The van der Waals surface area contributed by atoms with Crippen molar-refractivity contribution in [3.05, 3.63) is 44.5 Å². The Morgan fingerprint density at radius 3 is 2.72 bits per heavy atom. The highest BCUT2D eigenvalue weighted by atomic mass is 35.5. The van der Waals surface area contributed by atoms with E-state index in [9.17, 15) is 4.79 Å². The molecule has 2 aromatic rings. The number of nitrogens with one attached hydrogen (secondary N) is 1. The first-order valence-corrected chi connectivity index (χ1v) is 6.79. The van der Waals surface area contributed by atoms with Crippen LogP contribution in [0, 0.1) is 13.8 Å². The van der Waals surface area contributed by atoms with Gasteiger partial charge in [0.1, 0.15) is 0 Å². The second-order valence-electron chi connectivity index (χ2n) is 4.17. The van der Waals surface area contributed by atoms with E-state index in [-0.39, 0.29) is 17.2 Å². The van der Waals surface area contributed by atoms with Gasteiger partial charge in [-0.3, -0.25) is 4.79 Å². The van der Waals surface area contributed by atoms with E-state index in [4.69, 9.17) is 16.0 Å². The van der Waals surface area contributed by atoms with Gasteiger partial charge in [-0.25, -0.2) is 0 Å². The molecule has 0 spiro atoms. The number of rotatable bonds is 3. The van der Waals surface area contributed by atoms with Crippen LogP contribution < -0.4 is 5.32 Å². The van der Waals surface area contributed by atoms with E-state index in [2.05, 4.69) is 25.2 Å². The summed E-state index contributed by atoms with van der Waals surface area (Å²) in [4.78, 5) is 14.4. The van der Waals surface area contributed by atoms with Gasteiger partial charge in [-0.1, -0.05) is 0 Å². The van der Waals surface area contributed by atoms with E-state index in [0.717, 1.165) is 5.56 Å². The standard InChI is InChI=1S/C13H14ClNO2S/c1-7-6-11(9(3)18-7)8(2)15-13(16)10-4-5-17-12(10)14/h4-6,8H,1-3H3,(H,15,16). The summed E-state index contributed by atoms with van der Waals surface area (Å²) in [5, 5.41) is 3.04. The van der Waals surface area contributed by atoms with E-state index < -0.39 is 0 Å². The molecule has 1 atom stereocenters. The average molecular weight is 284 g/mol. The third kappa shape index (κ3) is 2.60. The summed E-state index contributed by atoms with van der Waals surface area (Å²) in [5.41, 5.74) is 1.51. The molecule has 2 heterocycles. The molecule has 0 saturated heterocycles. The van der Waals surface area contributed by atoms with Gasteiger partial charge in [0.05, 0.1) is 17.9 Å². The summed E-state index contributed by atoms with van der Waals surface area (Å²) >= 11 is 7.50. The molecule has 3 nitrogen and oxygen atoms in total. The summed E-state index contributed by atoms with van der Waals surface area (Å²) in [5.74, 6) is -0.218. The normalized spacial score (nSPS) is 12.4. The zero-order valence-corrected chi connectivity index (χ0v) is 12.0. The van der Waals surface area contributed by atoms with Crippen LogP contribution in [0.1, 0.15) is 38.6 Å². The lowest BCUT2D eigenvalue weighted by Crippen LogP contribution is -2.26. The van der Waals surface area contributed by atoms with Crippen LogP contribution in [0.2, 0.25) is 5.22 Å². The van der Waals surface area contributed by atoms with Crippen molar-refractivity contribution in [3.8, 4) is 0 Å². The lowest BCUT2D eigenvalue weighted by Gasteiger charge is -2.13. The molecule has 0 saturated carbocycles. The maximum absolute atomic E-state index is 12.0. The summed E-state index contributed by atoms with van der Waals surface area (Å²) < 4.78 is 4.91. The lowest BCUT2D eigenvalue weighted by atomic mass is 10.1. The Bertz CT molecular complexity index is 573. The molecule has 96 valence electrons. The van der Waals surface area contributed by atoms with Gasteiger partial charge >= 0.3 is 0 Å². The third-order valence-electron chi connectivity index (χ3n) is 2.76. The van der Waals surface area contributed by atoms with Crippen molar-refractivity contribution in [1.29, 1.82) is 0 Å². The molecule has 0 fully saturated rings. The van der Waals surface area contributed by atoms with Gasteiger partial charge in [0.2, 0.25) is 5.22 Å². The molecule has 18 heavy (non-hydrogen) atoms. The van der Waals surface area contributed by atoms with E-state index >= 15 is 0 Å². The van der Waals surface area contributed by atoms with Crippen LogP contribution >= 0.6 is 22.9 Å². The van der Waals surface area contributed by atoms with Crippen LogP contribution in [0.15, 0.2) is 22.8 Å². The van der Waals surface area contributed by atoms with Gasteiger partial charge in [0.15, 0.2) is 0 Å². The molecular formula is C13H14ClNO2S. The van der Waals surface area contributed by atoms with Gasteiger partial charge in [-0.15, -0.1) is 11.3 Å². The van der Waals surface area contributed by atoms with Crippen LogP contribution in [0.3, 0.4) is 0 Å². The van der Waals surface area contributed by atoms with Crippen LogP contribution in [-0.2, 0) is 0 Å². The number of furan rings is 1. The van der Waals surface area contributed by atoms with Crippen molar-refractivity contribution in [1.82, 2.24) is 5.32 Å². The van der Waals surface area contributed by atoms with E-state index in [1.165, 1.54) is 16.0 Å². The molecule has 0 aliphatic carbocycles. The quantitative estimate of drug-likeness (QED) is 0.921. The fraction of sp³-hybridized carbons (Fsp3) is 0.308. The first-order valence-electron chi connectivity index (χ1n) is 5.60. The molecule has 0 aromatic carbocycles. The lowest BCUT2D eigenvalue weighted by molar-refractivity contribution is 0.0939. The average Bonchev–Trinajstić information content (AvgIpc) is 2.84. The van der Waals surface area contributed by atoms with Gasteiger partial charge < -0.3 is 9.73 Å². The topological polar surface area (TPSA) is 42.2 Å². The van der Waals surface area contributed by atoms with Crippen molar-refractivity contribution < 1.29 is 9.21 Å². The largest absolute Gasteiger partial charge is 0.452 e. The SMILES string of the molecule is Cc1cc(C(C)NC(=O)c2ccoc2Cl)c(C)s1. The molecule has 2 aromatic heterocycles. The zero-order chi connectivity index (χ0) is 13.3. The summed E-state index contributed by atoms with van der Waals surface area (Å²) in [6, 6.07) is 3.62. The second-order valence-corrected chi connectivity index (χ2v) is 5.98. The predicted octanol–water partition coefficient (Wildman–Crippen LogP) is 4.10.